The molecule has 2 saturated carbocycles. The van der Waals surface area contributed by atoms with Crippen LogP contribution >= 0.6 is 0 Å². The molecule has 3 unspecified atom stereocenters. The van der Waals surface area contributed by atoms with Gasteiger partial charge in [-0.3, -0.25) is 14.4 Å². The van der Waals surface area contributed by atoms with Crippen LogP contribution in [0, 0.1) is 30.6 Å². The highest BCUT2D eigenvalue weighted by Gasteiger charge is 2.46. The molecule has 0 amide bonds. The molecule has 0 spiro atoms. The lowest BCUT2D eigenvalue weighted by Gasteiger charge is -2.24. The van der Waals surface area contributed by atoms with Gasteiger partial charge in [-0.2, -0.15) is 0 Å². The Morgan fingerprint density at radius 2 is 1.72 bits per heavy atom. The lowest BCUT2D eigenvalue weighted by molar-refractivity contribution is -0.150. The van der Waals surface area contributed by atoms with E-state index >= 15 is 0 Å². The molecule has 8 nitrogen and oxygen atoms in total. The summed E-state index contributed by atoms with van der Waals surface area (Å²) in [6.07, 6.45) is 7.45. The van der Waals surface area contributed by atoms with Crippen LogP contribution in [0.25, 0.3) is 10.9 Å². The Kier molecular flexibility index (Phi) is 9.79. The first kappa shape index (κ1) is 31.1. The number of carbonyl (C=O) groups excluding carboxylic acids is 2. The number of benzene rings is 2. The van der Waals surface area contributed by atoms with Crippen molar-refractivity contribution in [2.45, 2.75) is 84.1 Å². The van der Waals surface area contributed by atoms with Crippen molar-refractivity contribution in [1.82, 2.24) is 15.0 Å². The maximum Gasteiger partial charge on any atom is 0.310 e. The highest BCUT2D eigenvalue weighted by Crippen LogP contribution is 2.41. The molecule has 0 bridgehead atoms. The number of ether oxygens (including phenoxy) is 2. The molecule has 0 radical (unpaired) electrons. The van der Waals surface area contributed by atoms with Gasteiger partial charge < -0.3 is 9.47 Å². The van der Waals surface area contributed by atoms with Crippen molar-refractivity contribution < 1.29 is 19.1 Å². The highest BCUT2D eigenvalue weighted by molar-refractivity contribution is 6.76. The number of aromatic nitrogens is 3. The number of ketones is 1. The second kappa shape index (κ2) is 13.5. The Balaban J connectivity index is 1.33. The molecule has 2 fully saturated rings. The molecule has 3 aromatic rings. The van der Waals surface area contributed by atoms with E-state index in [1.54, 1.807) is 18.2 Å². The van der Waals surface area contributed by atoms with Crippen LogP contribution in [0.3, 0.4) is 0 Å². The van der Waals surface area contributed by atoms with E-state index in [0.717, 1.165) is 17.4 Å². The largest absolute Gasteiger partial charge is 0.493 e. The van der Waals surface area contributed by atoms with E-state index in [-0.39, 0.29) is 29.8 Å². The molecule has 1 heterocycles. The Morgan fingerprint density at radius 1 is 0.977 bits per heavy atom. The molecule has 230 valence electrons. The predicted octanol–water partition coefficient (Wildman–Crippen LogP) is 6.47. The van der Waals surface area contributed by atoms with Gasteiger partial charge in [0.2, 0.25) is 0 Å². The zero-order valence-corrected chi connectivity index (χ0v) is 27.0. The number of fused-ring (bicyclic) bond motifs is 1. The number of nitrogens with zero attached hydrogens (tertiary/aromatic N) is 3. The van der Waals surface area contributed by atoms with Crippen molar-refractivity contribution in [2.24, 2.45) is 23.7 Å². The third-order valence-electron chi connectivity index (χ3n) is 9.13. The lowest BCUT2D eigenvalue weighted by atomic mass is 9.84. The normalized spacial score (nSPS) is 21.2. The number of hydrogen-bond acceptors (Lipinski definition) is 7. The minimum atomic E-state index is -1.41. The average molecular weight is 604 g/mol. The van der Waals surface area contributed by atoms with Crippen molar-refractivity contribution in [1.29, 1.82) is 0 Å². The first-order valence-corrected chi connectivity index (χ1v) is 19.6. The molecule has 3 atom stereocenters. The molecule has 9 heteroatoms. The van der Waals surface area contributed by atoms with E-state index in [0.29, 0.717) is 48.4 Å². The van der Waals surface area contributed by atoms with Gasteiger partial charge in [-0.15, -0.1) is 5.10 Å². The van der Waals surface area contributed by atoms with E-state index in [1.807, 2.05) is 31.2 Å². The van der Waals surface area contributed by atoms with Gasteiger partial charge in [-0.25, -0.2) is 4.68 Å². The Labute approximate surface area is 255 Å². The summed E-state index contributed by atoms with van der Waals surface area (Å²) in [6.45, 7) is 9.90. The Morgan fingerprint density at radius 3 is 2.44 bits per heavy atom. The topological polar surface area (TPSA) is 100 Å². The molecule has 2 aliphatic rings. The van der Waals surface area contributed by atoms with Gasteiger partial charge in [-0.1, -0.05) is 55.7 Å². The van der Waals surface area contributed by atoms with Crippen LogP contribution in [0.5, 0.6) is 5.75 Å². The van der Waals surface area contributed by atoms with Gasteiger partial charge in [0.1, 0.15) is 11.3 Å². The average Bonchev–Trinajstić information content (AvgIpc) is 3.41. The fraction of sp³-hybridized carbons (Fsp3) is 0.559. The Bertz CT molecular complexity index is 1490. The number of rotatable bonds is 11. The minimum absolute atomic E-state index is 0.0685. The lowest BCUT2D eigenvalue weighted by Crippen LogP contribution is -2.36. The third kappa shape index (κ3) is 7.79. The van der Waals surface area contributed by atoms with E-state index < -0.39 is 19.9 Å². The van der Waals surface area contributed by atoms with E-state index in [1.165, 1.54) is 36.8 Å². The molecular formula is C34H45N3O5Si. The molecule has 43 heavy (non-hydrogen) atoms. The molecule has 2 aliphatic carbocycles. The number of esters is 1. The summed E-state index contributed by atoms with van der Waals surface area (Å²) in [4.78, 5) is 40.8. The van der Waals surface area contributed by atoms with Crippen LogP contribution in [0.2, 0.25) is 25.7 Å². The zero-order chi connectivity index (χ0) is 30.6. The zero-order valence-electron chi connectivity index (χ0n) is 26.0. The molecule has 2 aromatic carbocycles. The van der Waals surface area contributed by atoms with Gasteiger partial charge in [0.05, 0.1) is 31.1 Å². The van der Waals surface area contributed by atoms with Crippen LogP contribution in [-0.4, -0.2) is 48.0 Å². The van der Waals surface area contributed by atoms with Crippen molar-refractivity contribution in [3.8, 4) is 5.75 Å². The fourth-order valence-electron chi connectivity index (χ4n) is 6.52. The summed E-state index contributed by atoms with van der Waals surface area (Å²) < 4.78 is 13.2. The quantitative estimate of drug-likeness (QED) is 0.141. The third-order valence-corrected chi connectivity index (χ3v) is 10.8. The number of hydrogen-bond donors (Lipinski definition) is 0. The molecule has 0 aliphatic heterocycles. The fourth-order valence-corrected chi connectivity index (χ4v) is 7.23. The number of Topliss-reactive ketones (excluding diaryl/α,β-unsaturated/α-hetero) is 1. The summed E-state index contributed by atoms with van der Waals surface area (Å²) in [7, 11) is -1.41. The van der Waals surface area contributed by atoms with Crippen molar-refractivity contribution in [2.75, 3.05) is 13.2 Å². The van der Waals surface area contributed by atoms with Gasteiger partial charge in [-0.05, 0) is 86.9 Å². The van der Waals surface area contributed by atoms with Crippen LogP contribution < -0.4 is 10.3 Å². The monoisotopic (exact) mass is 603 g/mol. The molecule has 1 aromatic heterocycles. The second-order valence-electron chi connectivity index (χ2n) is 13.7. The number of carbonyl (C=O) groups is 2. The summed E-state index contributed by atoms with van der Waals surface area (Å²) >= 11 is 0. The van der Waals surface area contributed by atoms with E-state index in [9.17, 15) is 14.4 Å². The van der Waals surface area contributed by atoms with Crippen molar-refractivity contribution >= 4 is 30.7 Å². The summed E-state index contributed by atoms with van der Waals surface area (Å²) in [5, 5.41) is 8.94. The van der Waals surface area contributed by atoms with Gasteiger partial charge in [0.25, 0.3) is 5.56 Å². The first-order chi connectivity index (χ1) is 20.6. The number of aryl methyl sites for hydroxylation is 1. The smallest absolute Gasteiger partial charge is 0.310 e. The minimum Gasteiger partial charge on any atom is -0.493 e. The molecule has 0 saturated heterocycles. The summed E-state index contributed by atoms with van der Waals surface area (Å²) in [6, 6.07) is 13.7. The van der Waals surface area contributed by atoms with Crippen LogP contribution in [0.4, 0.5) is 0 Å². The summed E-state index contributed by atoms with van der Waals surface area (Å²) in [5.74, 6) is -0.505. The second-order valence-corrected chi connectivity index (χ2v) is 19.4. The predicted molar refractivity (Wildman–Crippen MR) is 170 cm³/mol. The van der Waals surface area contributed by atoms with E-state index in [4.69, 9.17) is 9.47 Å². The standard InChI is InChI=1S/C34H45N3O5Si/c1-23-10-17-30-29(20-23)33(39)37(36-35-30)21-26-13-16-28(31(26)34(40)41-18-19-43(2,3)4)32(38)25-11-14-27(15-12-25)42-22-24-8-6-5-7-9-24/h10-12,14-15,17,20,24,26,28,31H,5-9,13,16,18-19,21-22H2,1-4H3. The highest BCUT2D eigenvalue weighted by atomic mass is 28.3. The molecule has 5 rings (SSSR count). The Hall–Kier alpha value is -3.33. The van der Waals surface area contributed by atoms with Crippen LogP contribution in [0.1, 0.15) is 60.9 Å². The maximum atomic E-state index is 13.9. The van der Waals surface area contributed by atoms with E-state index in [2.05, 4.69) is 30.0 Å². The maximum absolute atomic E-state index is 13.9. The molecule has 0 N–H and O–H groups in total. The van der Waals surface area contributed by atoms with Crippen molar-refractivity contribution in [3.05, 3.63) is 63.9 Å². The van der Waals surface area contributed by atoms with Gasteiger partial charge >= 0.3 is 5.97 Å². The first-order valence-electron chi connectivity index (χ1n) is 15.9. The molecular weight excluding hydrogens is 558 g/mol. The summed E-state index contributed by atoms with van der Waals surface area (Å²) in [5.41, 5.74) is 1.83. The SMILES string of the molecule is Cc1ccc2nnn(CC3CCC(C(=O)c4ccc(OCC5CCCCC5)cc4)C3C(=O)OCC[Si](C)(C)C)c(=O)c2c1. The van der Waals surface area contributed by atoms with Gasteiger partial charge in [0.15, 0.2) is 5.78 Å². The van der Waals surface area contributed by atoms with Crippen LogP contribution in [-0.2, 0) is 16.1 Å². The van der Waals surface area contributed by atoms with Crippen molar-refractivity contribution in [3.63, 3.8) is 0 Å². The van der Waals surface area contributed by atoms with Crippen LogP contribution in [0.15, 0.2) is 47.3 Å². The van der Waals surface area contributed by atoms with Gasteiger partial charge in [0, 0.05) is 19.6 Å².